The molecule has 152 valence electrons. The van der Waals surface area contributed by atoms with Gasteiger partial charge >= 0.3 is 12.1 Å². The number of amides is 2. The number of carbonyl (C=O) groups is 3. The molecule has 0 rings (SSSR count). The topological polar surface area (TPSA) is 123 Å². The van der Waals surface area contributed by atoms with Crippen LogP contribution in [0.5, 0.6) is 0 Å². The first-order valence-electron chi connectivity index (χ1n) is 8.81. The summed E-state index contributed by atoms with van der Waals surface area (Å²) < 4.78 is 15.7. The Morgan fingerprint density at radius 1 is 0.846 bits per heavy atom. The molecule has 0 radical (unpaired) electrons. The maximum absolute atomic E-state index is 11.5. The summed E-state index contributed by atoms with van der Waals surface area (Å²) in [6, 6.07) is 0. The highest BCUT2D eigenvalue weighted by atomic mass is 16.6. The molecule has 0 fully saturated rings. The van der Waals surface area contributed by atoms with E-state index in [9.17, 15) is 14.4 Å². The van der Waals surface area contributed by atoms with E-state index in [0.29, 0.717) is 58.8 Å². The van der Waals surface area contributed by atoms with Gasteiger partial charge in [0.2, 0.25) is 5.91 Å². The average Bonchev–Trinajstić information content (AvgIpc) is 2.51. The van der Waals surface area contributed by atoms with Crippen LogP contribution < -0.4 is 10.6 Å². The largest absolute Gasteiger partial charge is 0.481 e. The average molecular weight is 376 g/mol. The third-order valence-electron chi connectivity index (χ3n) is 2.90. The Balaban J connectivity index is 3.32. The van der Waals surface area contributed by atoms with Crippen LogP contribution >= 0.6 is 0 Å². The molecular weight excluding hydrogens is 344 g/mol. The second-order valence-corrected chi connectivity index (χ2v) is 6.60. The monoisotopic (exact) mass is 376 g/mol. The summed E-state index contributed by atoms with van der Waals surface area (Å²) >= 11 is 0. The van der Waals surface area contributed by atoms with Gasteiger partial charge in [0.05, 0.1) is 26.4 Å². The molecule has 0 saturated carbocycles. The maximum Gasteiger partial charge on any atom is 0.407 e. The summed E-state index contributed by atoms with van der Waals surface area (Å²) in [5.74, 6) is -0.954. The number of hydrogen-bond donors (Lipinski definition) is 3. The van der Waals surface area contributed by atoms with Crippen molar-refractivity contribution < 1.29 is 33.7 Å². The van der Waals surface area contributed by atoms with Crippen LogP contribution in [0, 0.1) is 0 Å². The van der Waals surface area contributed by atoms with E-state index in [0.717, 1.165) is 0 Å². The van der Waals surface area contributed by atoms with Crippen molar-refractivity contribution in [2.45, 2.75) is 52.1 Å². The summed E-state index contributed by atoms with van der Waals surface area (Å²) in [4.78, 5) is 33.1. The highest BCUT2D eigenvalue weighted by molar-refractivity contribution is 5.75. The lowest BCUT2D eigenvalue weighted by atomic mass is 10.2. The first kappa shape index (κ1) is 24.1. The zero-order chi connectivity index (χ0) is 19.8. The van der Waals surface area contributed by atoms with Crippen molar-refractivity contribution in [1.82, 2.24) is 10.6 Å². The number of carbonyl (C=O) groups excluding carboxylic acids is 2. The minimum atomic E-state index is -0.846. The fraction of sp³-hybridized carbons (Fsp3) is 0.824. The van der Waals surface area contributed by atoms with Crippen molar-refractivity contribution in [3.63, 3.8) is 0 Å². The SMILES string of the molecule is CC(C)(C)OC(=O)NCCOCCOCCNC(=O)CCCCC(=O)O. The number of carboxylic acids is 1. The van der Waals surface area contributed by atoms with Crippen molar-refractivity contribution in [2.24, 2.45) is 0 Å². The molecule has 0 aromatic rings. The van der Waals surface area contributed by atoms with Crippen molar-refractivity contribution in [3.8, 4) is 0 Å². The zero-order valence-electron chi connectivity index (χ0n) is 16.0. The number of unbranched alkanes of at least 4 members (excludes halogenated alkanes) is 1. The van der Waals surface area contributed by atoms with E-state index in [-0.39, 0.29) is 12.3 Å². The van der Waals surface area contributed by atoms with Crippen LogP contribution in [0.15, 0.2) is 0 Å². The molecule has 0 heterocycles. The Labute approximate surface area is 154 Å². The number of hydrogen-bond acceptors (Lipinski definition) is 6. The molecule has 3 N–H and O–H groups in total. The van der Waals surface area contributed by atoms with E-state index in [1.807, 2.05) is 0 Å². The standard InChI is InChI=1S/C17H32N2O7/c1-17(2,3)26-16(23)19-9-11-25-13-12-24-10-8-18-14(20)6-4-5-7-15(21)22/h4-13H2,1-3H3,(H,18,20)(H,19,23)(H,21,22). The second kappa shape index (κ2) is 14.3. The lowest BCUT2D eigenvalue weighted by Gasteiger charge is -2.19. The molecule has 0 aliphatic carbocycles. The summed E-state index contributed by atoms with van der Waals surface area (Å²) in [5.41, 5.74) is -0.521. The van der Waals surface area contributed by atoms with Crippen LogP contribution in [0.1, 0.15) is 46.5 Å². The Bertz CT molecular complexity index is 422. The van der Waals surface area contributed by atoms with Gasteiger partial charge in [0.1, 0.15) is 5.60 Å². The summed E-state index contributed by atoms with van der Waals surface area (Å²) in [6.45, 7) is 7.65. The van der Waals surface area contributed by atoms with Gasteiger partial charge in [-0.1, -0.05) is 0 Å². The molecular formula is C17H32N2O7. The summed E-state index contributed by atoms with van der Waals surface area (Å²) in [5, 5.41) is 13.8. The predicted octanol–water partition coefficient (Wildman–Crippen LogP) is 1.31. The number of rotatable bonds is 14. The molecule has 0 bridgehead atoms. The van der Waals surface area contributed by atoms with Crippen LogP contribution in [0.25, 0.3) is 0 Å². The minimum Gasteiger partial charge on any atom is -0.481 e. The first-order valence-corrected chi connectivity index (χ1v) is 8.81. The van der Waals surface area contributed by atoms with E-state index in [4.69, 9.17) is 19.3 Å². The first-order chi connectivity index (χ1) is 12.2. The molecule has 0 aliphatic heterocycles. The molecule has 26 heavy (non-hydrogen) atoms. The number of aliphatic carboxylic acids is 1. The van der Waals surface area contributed by atoms with Crippen molar-refractivity contribution in [1.29, 1.82) is 0 Å². The van der Waals surface area contributed by atoms with E-state index < -0.39 is 17.7 Å². The van der Waals surface area contributed by atoms with Gasteiger partial charge in [0, 0.05) is 25.9 Å². The van der Waals surface area contributed by atoms with Crippen LogP contribution in [-0.4, -0.2) is 68.2 Å². The highest BCUT2D eigenvalue weighted by Crippen LogP contribution is 2.06. The Kier molecular flexibility index (Phi) is 13.3. The molecule has 9 nitrogen and oxygen atoms in total. The van der Waals surface area contributed by atoms with Gasteiger partial charge in [-0.15, -0.1) is 0 Å². The maximum atomic E-state index is 11.5. The molecule has 0 aromatic carbocycles. The molecule has 9 heteroatoms. The van der Waals surface area contributed by atoms with Gasteiger partial charge in [-0.05, 0) is 33.6 Å². The van der Waals surface area contributed by atoms with Gasteiger partial charge in [-0.25, -0.2) is 4.79 Å². The van der Waals surface area contributed by atoms with Crippen LogP contribution in [0.3, 0.4) is 0 Å². The number of carboxylic acid groups (broad SMARTS) is 1. The molecule has 0 spiro atoms. The van der Waals surface area contributed by atoms with E-state index in [2.05, 4.69) is 10.6 Å². The molecule has 0 atom stereocenters. The van der Waals surface area contributed by atoms with Gasteiger partial charge in [-0.3, -0.25) is 9.59 Å². The fourth-order valence-electron chi connectivity index (χ4n) is 1.77. The Morgan fingerprint density at radius 3 is 1.92 bits per heavy atom. The molecule has 0 aliphatic rings. The molecule has 0 saturated heterocycles. The normalized spacial score (nSPS) is 11.0. The van der Waals surface area contributed by atoms with E-state index in [1.54, 1.807) is 20.8 Å². The lowest BCUT2D eigenvalue weighted by Crippen LogP contribution is -2.34. The molecule has 2 amide bonds. The number of alkyl carbamates (subject to hydrolysis) is 1. The van der Waals surface area contributed by atoms with Crippen LogP contribution in [0.4, 0.5) is 4.79 Å². The predicted molar refractivity (Wildman–Crippen MR) is 95.0 cm³/mol. The van der Waals surface area contributed by atoms with Crippen molar-refractivity contribution in [2.75, 3.05) is 39.5 Å². The number of ether oxygens (including phenoxy) is 3. The van der Waals surface area contributed by atoms with Crippen LogP contribution in [-0.2, 0) is 23.8 Å². The zero-order valence-corrected chi connectivity index (χ0v) is 16.0. The quantitative estimate of drug-likeness (QED) is 0.391. The van der Waals surface area contributed by atoms with E-state index in [1.165, 1.54) is 0 Å². The Hall–Kier alpha value is -1.87. The highest BCUT2D eigenvalue weighted by Gasteiger charge is 2.15. The summed E-state index contributed by atoms with van der Waals surface area (Å²) in [7, 11) is 0. The third-order valence-corrected chi connectivity index (χ3v) is 2.90. The number of nitrogens with one attached hydrogen (secondary N) is 2. The van der Waals surface area contributed by atoms with Crippen LogP contribution in [0.2, 0.25) is 0 Å². The lowest BCUT2D eigenvalue weighted by molar-refractivity contribution is -0.137. The third kappa shape index (κ3) is 18.5. The van der Waals surface area contributed by atoms with Crippen molar-refractivity contribution >= 4 is 18.0 Å². The van der Waals surface area contributed by atoms with Crippen molar-refractivity contribution in [3.05, 3.63) is 0 Å². The smallest absolute Gasteiger partial charge is 0.407 e. The van der Waals surface area contributed by atoms with E-state index >= 15 is 0 Å². The second-order valence-electron chi connectivity index (χ2n) is 6.60. The minimum absolute atomic E-state index is 0.0870. The van der Waals surface area contributed by atoms with Gasteiger partial charge in [0.15, 0.2) is 0 Å². The molecule has 0 aromatic heterocycles. The van der Waals surface area contributed by atoms with Gasteiger partial charge in [0.25, 0.3) is 0 Å². The summed E-state index contributed by atoms with van der Waals surface area (Å²) in [6.07, 6.45) is 0.991. The molecule has 0 unspecified atom stereocenters. The fourth-order valence-corrected chi connectivity index (χ4v) is 1.77. The van der Waals surface area contributed by atoms with Gasteiger partial charge < -0.3 is 30.0 Å². The Morgan fingerprint density at radius 2 is 1.38 bits per heavy atom. The van der Waals surface area contributed by atoms with Gasteiger partial charge in [-0.2, -0.15) is 0 Å².